The third kappa shape index (κ3) is 5.83. The molecular weight excluding hydrogens is 411 g/mol. The predicted molar refractivity (Wildman–Crippen MR) is 103 cm³/mol. The molecule has 10 heteroatoms. The van der Waals surface area contributed by atoms with Crippen molar-refractivity contribution >= 4 is 24.2 Å². The van der Waals surface area contributed by atoms with E-state index in [1.807, 2.05) is 0 Å². The zero-order chi connectivity index (χ0) is 20.3. The van der Waals surface area contributed by atoms with Gasteiger partial charge in [0.25, 0.3) is 5.91 Å². The quantitative estimate of drug-likeness (QED) is 0.672. The number of nitrogens with zero attached hydrogens (tertiary/aromatic N) is 1. The number of carbonyl (C=O) groups excluding carboxylic acids is 2. The second-order valence-electron chi connectivity index (χ2n) is 7.37. The Hall–Kier alpha value is -1.84. The average molecular weight is 436 g/mol. The molecule has 29 heavy (non-hydrogen) atoms. The Kier molecular flexibility index (Phi) is 7.90. The summed E-state index contributed by atoms with van der Waals surface area (Å²) in [6.07, 6.45) is -3.88. The Morgan fingerprint density at radius 1 is 1.14 bits per heavy atom. The molecule has 2 amide bonds. The Bertz CT molecular complexity index is 707. The number of rotatable bonds is 4. The maximum Gasteiger partial charge on any atom is 0.416 e. The van der Waals surface area contributed by atoms with E-state index in [2.05, 4.69) is 10.6 Å². The number of β-amino-alcohol motifs (C(OH)–C–C–N with tert-alkyl or cyclic N) is 1. The van der Waals surface area contributed by atoms with E-state index in [1.165, 1.54) is 12.1 Å². The molecule has 2 saturated heterocycles. The van der Waals surface area contributed by atoms with Crippen LogP contribution in [-0.2, 0) is 11.0 Å². The van der Waals surface area contributed by atoms with Crippen molar-refractivity contribution in [2.24, 2.45) is 11.8 Å². The van der Waals surface area contributed by atoms with Crippen LogP contribution in [0.2, 0.25) is 0 Å². The van der Waals surface area contributed by atoms with Crippen molar-refractivity contribution in [3.8, 4) is 0 Å². The first-order valence-electron chi connectivity index (χ1n) is 9.38. The maximum absolute atomic E-state index is 12.6. The van der Waals surface area contributed by atoms with Gasteiger partial charge in [0.15, 0.2) is 0 Å². The lowest BCUT2D eigenvalue weighted by Gasteiger charge is -2.31. The number of benzene rings is 1. The van der Waals surface area contributed by atoms with E-state index in [1.54, 1.807) is 4.90 Å². The summed E-state index contributed by atoms with van der Waals surface area (Å²) in [4.78, 5) is 26.4. The van der Waals surface area contributed by atoms with Crippen LogP contribution in [0.5, 0.6) is 0 Å². The molecule has 0 aromatic heterocycles. The number of carbonyl (C=O) groups is 2. The molecule has 1 aromatic carbocycles. The highest BCUT2D eigenvalue weighted by Gasteiger charge is 2.32. The number of hydrogen-bond donors (Lipinski definition) is 3. The molecule has 1 aromatic rings. The highest BCUT2D eigenvalue weighted by molar-refractivity contribution is 5.94. The molecule has 0 saturated carbocycles. The summed E-state index contributed by atoms with van der Waals surface area (Å²) in [7, 11) is 0. The van der Waals surface area contributed by atoms with E-state index in [0.717, 1.165) is 12.1 Å². The fourth-order valence-corrected chi connectivity index (χ4v) is 3.63. The van der Waals surface area contributed by atoms with E-state index in [9.17, 15) is 27.9 Å². The molecule has 2 aliphatic rings. The van der Waals surface area contributed by atoms with Crippen molar-refractivity contribution in [1.82, 2.24) is 15.5 Å². The van der Waals surface area contributed by atoms with Crippen molar-refractivity contribution in [1.29, 1.82) is 0 Å². The van der Waals surface area contributed by atoms with Gasteiger partial charge >= 0.3 is 6.18 Å². The molecule has 2 atom stereocenters. The minimum Gasteiger partial charge on any atom is -0.391 e. The van der Waals surface area contributed by atoms with E-state index in [0.29, 0.717) is 45.6 Å². The lowest BCUT2D eigenvalue weighted by Crippen LogP contribution is -2.44. The number of halogens is 4. The Balaban J connectivity index is 0.00000300. The SMILES string of the molecule is Cl.O=C(NCC1CNCC1O)C1CCN(C(=O)c2ccc(C(F)(F)F)cc2)CC1. The number of amides is 2. The van der Waals surface area contributed by atoms with E-state index in [-0.39, 0.29) is 41.6 Å². The maximum atomic E-state index is 12.6. The molecule has 3 N–H and O–H groups in total. The first-order valence-corrected chi connectivity index (χ1v) is 9.38. The Labute approximate surface area is 173 Å². The standard InChI is InChI=1S/C19H24F3N3O3.ClH/c20-19(21,22)15-3-1-13(2-4-15)18(28)25-7-5-12(6-8-25)17(27)24-10-14-9-23-11-16(14)26;/h1-4,12,14,16,23,26H,5-11H2,(H,24,27);1H. The smallest absolute Gasteiger partial charge is 0.391 e. The second-order valence-corrected chi connectivity index (χ2v) is 7.37. The minimum atomic E-state index is -4.43. The summed E-state index contributed by atoms with van der Waals surface area (Å²) in [5, 5.41) is 15.7. The monoisotopic (exact) mass is 435 g/mol. The number of aliphatic hydroxyl groups is 1. The fraction of sp³-hybridized carbons (Fsp3) is 0.579. The normalized spacial score (nSPS) is 22.8. The summed E-state index contributed by atoms with van der Waals surface area (Å²) in [5.74, 6) is -0.609. The van der Waals surface area contributed by atoms with Crippen molar-refractivity contribution in [3.63, 3.8) is 0 Å². The topological polar surface area (TPSA) is 81.7 Å². The molecule has 0 radical (unpaired) electrons. The molecule has 2 aliphatic heterocycles. The van der Waals surface area contributed by atoms with Gasteiger partial charge in [-0.2, -0.15) is 13.2 Å². The van der Waals surface area contributed by atoms with Crippen molar-refractivity contribution < 1.29 is 27.9 Å². The number of aliphatic hydroxyl groups excluding tert-OH is 1. The van der Waals surface area contributed by atoms with Gasteiger partial charge in [-0.3, -0.25) is 9.59 Å². The second kappa shape index (κ2) is 9.77. The van der Waals surface area contributed by atoms with Gasteiger partial charge in [-0.15, -0.1) is 12.4 Å². The van der Waals surface area contributed by atoms with Gasteiger partial charge in [-0.05, 0) is 37.1 Å². The van der Waals surface area contributed by atoms with E-state index < -0.39 is 17.8 Å². The third-order valence-electron chi connectivity index (χ3n) is 5.45. The van der Waals surface area contributed by atoms with Crippen LogP contribution < -0.4 is 10.6 Å². The van der Waals surface area contributed by atoms with Crippen LogP contribution in [0.3, 0.4) is 0 Å². The third-order valence-corrected chi connectivity index (χ3v) is 5.45. The molecule has 2 heterocycles. The molecule has 2 fully saturated rings. The van der Waals surface area contributed by atoms with Gasteiger partial charge in [0, 0.05) is 50.1 Å². The summed E-state index contributed by atoms with van der Waals surface area (Å²) in [6.45, 7) is 2.38. The van der Waals surface area contributed by atoms with Crippen LogP contribution >= 0.6 is 12.4 Å². The molecule has 0 aliphatic carbocycles. The van der Waals surface area contributed by atoms with Crippen molar-refractivity contribution in [3.05, 3.63) is 35.4 Å². The number of hydrogen-bond acceptors (Lipinski definition) is 4. The van der Waals surface area contributed by atoms with Gasteiger partial charge in [0.2, 0.25) is 5.91 Å². The molecule has 162 valence electrons. The summed E-state index contributed by atoms with van der Waals surface area (Å²) < 4.78 is 37.9. The lowest BCUT2D eigenvalue weighted by atomic mass is 9.95. The van der Waals surface area contributed by atoms with Crippen molar-refractivity contribution in [2.45, 2.75) is 25.1 Å². The van der Waals surface area contributed by atoms with Gasteiger partial charge in [0.05, 0.1) is 11.7 Å². The van der Waals surface area contributed by atoms with Crippen LogP contribution in [0, 0.1) is 11.8 Å². The van der Waals surface area contributed by atoms with Crippen LogP contribution in [0.25, 0.3) is 0 Å². The van der Waals surface area contributed by atoms with E-state index in [4.69, 9.17) is 0 Å². The largest absolute Gasteiger partial charge is 0.416 e. The van der Waals surface area contributed by atoms with Gasteiger partial charge < -0.3 is 20.6 Å². The first-order chi connectivity index (χ1) is 13.3. The minimum absolute atomic E-state index is 0. The zero-order valence-corrected chi connectivity index (χ0v) is 16.6. The Morgan fingerprint density at radius 3 is 2.28 bits per heavy atom. The van der Waals surface area contributed by atoms with Crippen LogP contribution in [0.15, 0.2) is 24.3 Å². The van der Waals surface area contributed by atoms with E-state index >= 15 is 0 Å². The zero-order valence-electron chi connectivity index (χ0n) is 15.7. The molecule has 2 unspecified atom stereocenters. The first kappa shape index (κ1) is 23.4. The van der Waals surface area contributed by atoms with Gasteiger partial charge in [-0.1, -0.05) is 0 Å². The number of nitrogens with one attached hydrogen (secondary N) is 2. The van der Waals surface area contributed by atoms with Crippen LogP contribution in [0.1, 0.15) is 28.8 Å². The summed E-state index contributed by atoms with van der Waals surface area (Å²) in [6, 6.07) is 4.18. The highest BCUT2D eigenvalue weighted by Crippen LogP contribution is 2.29. The molecule has 3 rings (SSSR count). The molecule has 0 bridgehead atoms. The molecular formula is C19H25ClF3N3O3. The van der Waals surface area contributed by atoms with Gasteiger partial charge in [-0.25, -0.2) is 0 Å². The number of alkyl halides is 3. The number of piperidine rings is 1. The summed E-state index contributed by atoms with van der Waals surface area (Å²) >= 11 is 0. The van der Waals surface area contributed by atoms with Gasteiger partial charge in [0.1, 0.15) is 0 Å². The summed E-state index contributed by atoms with van der Waals surface area (Å²) in [5.41, 5.74) is -0.583. The predicted octanol–water partition coefficient (Wildman–Crippen LogP) is 1.68. The molecule has 0 spiro atoms. The average Bonchev–Trinajstić information content (AvgIpc) is 3.10. The molecule has 6 nitrogen and oxygen atoms in total. The Morgan fingerprint density at radius 2 is 1.76 bits per heavy atom. The van der Waals surface area contributed by atoms with Crippen LogP contribution in [0.4, 0.5) is 13.2 Å². The fourth-order valence-electron chi connectivity index (χ4n) is 3.63. The highest BCUT2D eigenvalue weighted by atomic mass is 35.5. The number of likely N-dealkylation sites (tertiary alicyclic amines) is 1. The van der Waals surface area contributed by atoms with Crippen LogP contribution in [-0.4, -0.2) is 60.6 Å². The van der Waals surface area contributed by atoms with Crippen molar-refractivity contribution in [2.75, 3.05) is 32.7 Å². The lowest BCUT2D eigenvalue weighted by molar-refractivity contribution is -0.137.